The van der Waals surface area contributed by atoms with Crippen molar-refractivity contribution in [3.8, 4) is 0 Å². The summed E-state index contributed by atoms with van der Waals surface area (Å²) >= 11 is 5.88. The molecule has 3 aromatic rings. The molecular weight excluding hydrogens is 375 g/mol. The summed E-state index contributed by atoms with van der Waals surface area (Å²) in [7, 11) is 0. The number of fused-ring (bicyclic) bond motifs is 1. The molecule has 1 fully saturated rings. The Bertz CT molecular complexity index is 956. The number of amides is 1. The third-order valence-corrected chi connectivity index (χ3v) is 4.73. The van der Waals surface area contributed by atoms with Crippen LogP contribution in [0.15, 0.2) is 30.6 Å². The number of hydrogen-bond donors (Lipinski definition) is 0. The topological polar surface area (TPSA) is 86.0 Å². The molecule has 4 heterocycles. The Kier molecular flexibility index (Phi) is 4.85. The van der Waals surface area contributed by atoms with Gasteiger partial charge in [-0.15, -0.1) is 5.10 Å². The van der Waals surface area contributed by atoms with Gasteiger partial charge >= 0.3 is 6.09 Å². The number of piperidine rings is 1. The fourth-order valence-corrected chi connectivity index (χ4v) is 3.25. The summed E-state index contributed by atoms with van der Waals surface area (Å²) in [5.74, 6) is -0.426. The maximum Gasteiger partial charge on any atom is 0.410 e. The van der Waals surface area contributed by atoms with Gasteiger partial charge in [-0.1, -0.05) is 16.8 Å². The third-order valence-electron chi connectivity index (χ3n) is 4.52. The molecule has 8 nitrogen and oxygen atoms in total. The second-order valence-corrected chi connectivity index (χ2v) is 6.66. The van der Waals surface area contributed by atoms with Crippen molar-refractivity contribution in [2.45, 2.75) is 25.5 Å². The van der Waals surface area contributed by atoms with E-state index in [0.717, 1.165) is 24.6 Å². The summed E-state index contributed by atoms with van der Waals surface area (Å²) in [5, 5.41) is 8.71. The highest BCUT2D eigenvalue weighted by Crippen LogP contribution is 2.26. The van der Waals surface area contributed by atoms with Crippen LogP contribution in [0.4, 0.5) is 9.18 Å². The summed E-state index contributed by atoms with van der Waals surface area (Å²) in [6.45, 7) is 1.10. The molecule has 27 heavy (non-hydrogen) atoms. The monoisotopic (exact) mass is 390 g/mol. The Morgan fingerprint density at radius 2 is 2.07 bits per heavy atom. The van der Waals surface area contributed by atoms with E-state index >= 15 is 0 Å². The van der Waals surface area contributed by atoms with Crippen LogP contribution < -0.4 is 0 Å². The number of rotatable bonds is 3. The number of pyridine rings is 2. The van der Waals surface area contributed by atoms with Crippen LogP contribution in [0.5, 0.6) is 0 Å². The van der Waals surface area contributed by atoms with Crippen molar-refractivity contribution in [3.05, 3.63) is 47.3 Å². The van der Waals surface area contributed by atoms with Gasteiger partial charge in [0.25, 0.3) is 0 Å². The fourth-order valence-electron chi connectivity index (χ4n) is 3.10. The van der Waals surface area contributed by atoms with E-state index in [1.54, 1.807) is 17.2 Å². The second-order valence-electron chi connectivity index (χ2n) is 6.27. The molecule has 0 atom stereocenters. The summed E-state index contributed by atoms with van der Waals surface area (Å²) in [6, 6.07) is 4.58. The van der Waals surface area contributed by atoms with E-state index in [2.05, 4.69) is 20.3 Å². The first-order chi connectivity index (χ1) is 13.1. The van der Waals surface area contributed by atoms with Crippen LogP contribution in [0, 0.1) is 5.82 Å². The van der Waals surface area contributed by atoms with Gasteiger partial charge < -0.3 is 9.64 Å². The minimum atomic E-state index is -0.426. The van der Waals surface area contributed by atoms with Crippen molar-refractivity contribution in [2.24, 2.45) is 0 Å². The van der Waals surface area contributed by atoms with Gasteiger partial charge in [-0.3, -0.25) is 4.98 Å². The average molecular weight is 391 g/mol. The Morgan fingerprint density at radius 3 is 2.81 bits per heavy atom. The summed E-state index contributed by atoms with van der Waals surface area (Å²) < 4.78 is 19.9. The molecule has 1 amide bonds. The zero-order valence-electron chi connectivity index (χ0n) is 14.3. The van der Waals surface area contributed by atoms with E-state index in [-0.39, 0.29) is 12.6 Å². The molecule has 0 unspecified atom stereocenters. The van der Waals surface area contributed by atoms with Crippen LogP contribution >= 0.6 is 11.6 Å². The van der Waals surface area contributed by atoms with Crippen LogP contribution in [0.25, 0.3) is 11.0 Å². The van der Waals surface area contributed by atoms with Crippen LogP contribution in [-0.4, -0.2) is 49.0 Å². The Labute approximate surface area is 158 Å². The number of halogens is 2. The molecule has 0 aliphatic carbocycles. The van der Waals surface area contributed by atoms with Gasteiger partial charge in [0.2, 0.25) is 0 Å². The van der Waals surface area contributed by atoms with Crippen molar-refractivity contribution in [2.75, 3.05) is 13.1 Å². The zero-order valence-corrected chi connectivity index (χ0v) is 15.0. The lowest BCUT2D eigenvalue weighted by Crippen LogP contribution is -2.39. The first-order valence-electron chi connectivity index (χ1n) is 8.49. The smallest absolute Gasteiger partial charge is 0.410 e. The Hall–Kier alpha value is -2.81. The van der Waals surface area contributed by atoms with E-state index in [1.807, 2.05) is 4.68 Å². The lowest BCUT2D eigenvalue weighted by Gasteiger charge is -2.31. The van der Waals surface area contributed by atoms with Gasteiger partial charge in [0, 0.05) is 19.2 Å². The maximum absolute atomic E-state index is 12.8. The summed E-state index contributed by atoms with van der Waals surface area (Å²) in [5.41, 5.74) is 2.02. The van der Waals surface area contributed by atoms with Crippen LogP contribution in [0.1, 0.15) is 24.6 Å². The van der Waals surface area contributed by atoms with Crippen LogP contribution in [0.2, 0.25) is 5.15 Å². The van der Waals surface area contributed by atoms with Crippen molar-refractivity contribution in [1.29, 1.82) is 0 Å². The SMILES string of the molecule is O=C(OCc1ccc(F)cn1)N1CCC(n2nnc3cc(Cl)ncc32)CC1. The molecule has 3 aromatic heterocycles. The van der Waals surface area contributed by atoms with Gasteiger partial charge in [0.15, 0.2) is 0 Å². The maximum atomic E-state index is 12.8. The number of carbonyl (C=O) groups excluding carboxylic acids is 1. The lowest BCUT2D eigenvalue weighted by atomic mass is 10.1. The average Bonchev–Trinajstić information content (AvgIpc) is 3.10. The van der Waals surface area contributed by atoms with Gasteiger partial charge in [0.1, 0.15) is 28.6 Å². The summed E-state index contributed by atoms with van der Waals surface area (Å²) in [6.07, 6.45) is 3.81. The minimum absolute atomic E-state index is 0.0131. The van der Waals surface area contributed by atoms with Crippen molar-refractivity contribution >= 4 is 28.7 Å². The lowest BCUT2D eigenvalue weighted by molar-refractivity contribution is 0.0814. The molecule has 10 heteroatoms. The molecule has 1 saturated heterocycles. The predicted octanol–water partition coefficient (Wildman–Crippen LogP) is 2.99. The standard InChI is InChI=1S/C17H16ClFN6O2/c18-16-7-14-15(9-21-16)25(23-22-14)13-3-5-24(6-4-13)17(26)27-10-12-2-1-11(19)8-20-12/h1-2,7-9,13H,3-6,10H2. The molecular formula is C17H16ClFN6O2. The number of ether oxygens (including phenoxy) is 1. The normalized spacial score (nSPS) is 15.3. The quantitative estimate of drug-likeness (QED) is 0.639. The van der Waals surface area contributed by atoms with Crippen LogP contribution in [0.3, 0.4) is 0 Å². The molecule has 0 bridgehead atoms. The predicted molar refractivity (Wildman–Crippen MR) is 94.6 cm³/mol. The van der Waals surface area contributed by atoms with Crippen molar-refractivity contribution in [3.63, 3.8) is 0 Å². The minimum Gasteiger partial charge on any atom is -0.443 e. The molecule has 1 aliphatic rings. The number of likely N-dealkylation sites (tertiary alicyclic amines) is 1. The molecule has 0 radical (unpaired) electrons. The molecule has 0 spiro atoms. The second kappa shape index (κ2) is 7.43. The Balaban J connectivity index is 1.34. The van der Waals surface area contributed by atoms with Gasteiger partial charge in [-0.05, 0) is 25.0 Å². The van der Waals surface area contributed by atoms with Gasteiger partial charge in [0.05, 0.1) is 24.1 Å². The zero-order chi connectivity index (χ0) is 18.8. The van der Waals surface area contributed by atoms with E-state index < -0.39 is 11.9 Å². The highest BCUT2D eigenvalue weighted by atomic mass is 35.5. The molecule has 4 rings (SSSR count). The first-order valence-corrected chi connectivity index (χ1v) is 8.86. The van der Waals surface area contributed by atoms with E-state index in [4.69, 9.17) is 16.3 Å². The number of nitrogens with zero attached hydrogens (tertiary/aromatic N) is 6. The van der Waals surface area contributed by atoms with Crippen LogP contribution in [-0.2, 0) is 11.3 Å². The van der Waals surface area contributed by atoms with Gasteiger partial charge in [-0.25, -0.2) is 18.9 Å². The highest BCUT2D eigenvalue weighted by Gasteiger charge is 2.26. The number of hydrogen-bond acceptors (Lipinski definition) is 6. The summed E-state index contributed by atoms with van der Waals surface area (Å²) in [4.78, 5) is 21.8. The fraction of sp³-hybridized carbons (Fsp3) is 0.353. The van der Waals surface area contributed by atoms with Crippen molar-refractivity contribution in [1.82, 2.24) is 29.9 Å². The highest BCUT2D eigenvalue weighted by molar-refractivity contribution is 6.29. The molecule has 0 N–H and O–H groups in total. The van der Waals surface area contributed by atoms with E-state index in [1.165, 1.54) is 12.1 Å². The first kappa shape index (κ1) is 17.6. The van der Waals surface area contributed by atoms with E-state index in [9.17, 15) is 9.18 Å². The molecule has 1 aliphatic heterocycles. The Morgan fingerprint density at radius 1 is 1.26 bits per heavy atom. The van der Waals surface area contributed by atoms with Gasteiger partial charge in [-0.2, -0.15) is 0 Å². The number of carbonyl (C=O) groups is 1. The van der Waals surface area contributed by atoms with E-state index in [0.29, 0.717) is 29.5 Å². The van der Waals surface area contributed by atoms with Crippen molar-refractivity contribution < 1.29 is 13.9 Å². The number of aromatic nitrogens is 5. The third kappa shape index (κ3) is 3.82. The molecule has 0 saturated carbocycles. The largest absolute Gasteiger partial charge is 0.443 e. The molecule has 140 valence electrons. The molecule has 0 aromatic carbocycles.